The van der Waals surface area contributed by atoms with Crippen LogP contribution in [-0.2, 0) is 0 Å². The Morgan fingerprint density at radius 1 is 1.18 bits per heavy atom. The van der Waals surface area contributed by atoms with Crippen molar-refractivity contribution in [1.82, 2.24) is 10.2 Å². The zero-order valence-electron chi connectivity index (χ0n) is 12.8. The first-order chi connectivity index (χ1) is 10.5. The number of rotatable bonds is 3. The smallest absolute Gasteiger partial charge is 0.335 e. The minimum atomic E-state index is -1.01. The van der Waals surface area contributed by atoms with Gasteiger partial charge >= 0.3 is 5.97 Å². The Bertz CT molecular complexity index is 573. The molecule has 2 heterocycles. The summed E-state index contributed by atoms with van der Waals surface area (Å²) in [6.07, 6.45) is 5.65. The summed E-state index contributed by atoms with van der Waals surface area (Å²) in [4.78, 5) is 25.8. The monoisotopic (exact) mass is 302 g/mol. The van der Waals surface area contributed by atoms with E-state index in [0.29, 0.717) is 17.6 Å². The van der Waals surface area contributed by atoms with Gasteiger partial charge in [0.25, 0.3) is 5.91 Å². The number of fused-ring (bicyclic) bond motifs is 2. The molecule has 118 valence electrons. The summed E-state index contributed by atoms with van der Waals surface area (Å²) in [6, 6.07) is 7.52. The van der Waals surface area contributed by atoms with E-state index in [0.717, 1.165) is 12.8 Å². The van der Waals surface area contributed by atoms with Gasteiger partial charge in [-0.3, -0.25) is 4.79 Å². The van der Waals surface area contributed by atoms with Crippen molar-refractivity contribution in [2.75, 3.05) is 7.05 Å². The summed E-state index contributed by atoms with van der Waals surface area (Å²) in [6.45, 7) is 0. The molecule has 1 aromatic rings. The Morgan fingerprint density at radius 2 is 1.82 bits per heavy atom. The number of carbonyl (C=O) groups excluding carboxylic acids is 1. The normalized spacial score (nSPS) is 28.1. The molecule has 5 nitrogen and oxygen atoms in total. The van der Waals surface area contributed by atoms with Crippen LogP contribution >= 0.6 is 0 Å². The van der Waals surface area contributed by atoms with E-state index in [1.807, 2.05) is 0 Å². The van der Waals surface area contributed by atoms with Gasteiger partial charge in [-0.15, -0.1) is 0 Å². The van der Waals surface area contributed by atoms with Crippen LogP contribution in [-0.4, -0.2) is 47.1 Å². The third-order valence-corrected chi connectivity index (χ3v) is 5.05. The van der Waals surface area contributed by atoms with E-state index in [4.69, 9.17) is 5.11 Å². The fourth-order valence-electron chi connectivity index (χ4n) is 3.80. The highest BCUT2D eigenvalue weighted by Crippen LogP contribution is 2.32. The second-order valence-corrected chi connectivity index (χ2v) is 6.43. The molecule has 0 aliphatic carbocycles. The molecule has 0 spiro atoms. The Kier molecular flexibility index (Phi) is 4.16. The lowest BCUT2D eigenvalue weighted by molar-refractivity contribution is 0.0463. The van der Waals surface area contributed by atoms with Gasteiger partial charge < -0.3 is 15.3 Å². The van der Waals surface area contributed by atoms with Crippen LogP contribution in [0.25, 0.3) is 0 Å². The number of piperidine rings is 2. The van der Waals surface area contributed by atoms with Crippen molar-refractivity contribution in [2.45, 2.75) is 50.2 Å². The van der Waals surface area contributed by atoms with E-state index in [1.54, 1.807) is 12.1 Å². The van der Waals surface area contributed by atoms with Crippen LogP contribution in [0.15, 0.2) is 24.3 Å². The molecule has 2 saturated heterocycles. The molecule has 1 aromatic carbocycles. The first-order valence-corrected chi connectivity index (χ1v) is 7.90. The predicted molar refractivity (Wildman–Crippen MR) is 83.1 cm³/mol. The second kappa shape index (κ2) is 6.08. The van der Waals surface area contributed by atoms with E-state index in [1.165, 1.54) is 31.4 Å². The maximum Gasteiger partial charge on any atom is 0.335 e. The molecule has 2 unspecified atom stereocenters. The van der Waals surface area contributed by atoms with E-state index < -0.39 is 5.97 Å². The van der Waals surface area contributed by atoms with Crippen molar-refractivity contribution in [1.29, 1.82) is 0 Å². The summed E-state index contributed by atoms with van der Waals surface area (Å²) >= 11 is 0. The predicted octanol–water partition coefficient (Wildman–Crippen LogP) is 2.13. The van der Waals surface area contributed by atoms with Gasteiger partial charge in [0.05, 0.1) is 5.56 Å². The van der Waals surface area contributed by atoms with Gasteiger partial charge in [-0.1, -0.05) is 12.5 Å². The van der Waals surface area contributed by atoms with Crippen LogP contribution in [0.2, 0.25) is 0 Å². The Balaban J connectivity index is 1.67. The molecular formula is C17H22N2O3. The molecule has 3 rings (SSSR count). The topological polar surface area (TPSA) is 69.6 Å². The highest BCUT2D eigenvalue weighted by Gasteiger charge is 2.36. The maximum atomic E-state index is 12.4. The average Bonchev–Trinajstić information content (AvgIpc) is 2.48. The number of amides is 1. The zero-order chi connectivity index (χ0) is 15.7. The van der Waals surface area contributed by atoms with Crippen LogP contribution in [0.3, 0.4) is 0 Å². The molecule has 0 saturated carbocycles. The lowest BCUT2D eigenvalue weighted by Crippen LogP contribution is -2.55. The molecule has 1 amide bonds. The Labute approximate surface area is 130 Å². The second-order valence-electron chi connectivity index (χ2n) is 6.43. The lowest BCUT2D eigenvalue weighted by Gasteiger charge is -2.47. The minimum Gasteiger partial charge on any atom is -0.478 e. The lowest BCUT2D eigenvalue weighted by atomic mass is 9.82. The molecule has 0 radical (unpaired) electrons. The van der Waals surface area contributed by atoms with E-state index in [2.05, 4.69) is 17.3 Å². The van der Waals surface area contributed by atoms with Crippen LogP contribution in [0.1, 0.15) is 52.8 Å². The number of nitrogens with zero attached hydrogens (tertiary/aromatic N) is 1. The number of hydrogen-bond acceptors (Lipinski definition) is 3. The van der Waals surface area contributed by atoms with E-state index in [-0.39, 0.29) is 17.5 Å². The maximum absolute atomic E-state index is 12.4. The number of carboxylic acid groups (broad SMARTS) is 1. The summed E-state index contributed by atoms with van der Waals surface area (Å²) < 4.78 is 0. The highest BCUT2D eigenvalue weighted by atomic mass is 16.4. The van der Waals surface area contributed by atoms with Crippen molar-refractivity contribution < 1.29 is 14.7 Å². The van der Waals surface area contributed by atoms with Crippen molar-refractivity contribution in [3.05, 3.63) is 35.4 Å². The molecule has 2 aliphatic rings. The number of carbonyl (C=O) groups is 2. The molecule has 2 aliphatic heterocycles. The molecule has 2 fully saturated rings. The molecule has 2 atom stereocenters. The summed E-state index contributed by atoms with van der Waals surface area (Å²) in [7, 11) is 2.18. The molecule has 0 aromatic heterocycles. The third-order valence-electron chi connectivity index (χ3n) is 5.05. The van der Waals surface area contributed by atoms with Gasteiger partial charge in [0, 0.05) is 23.7 Å². The molecule has 2 bridgehead atoms. The number of hydrogen-bond donors (Lipinski definition) is 2. The van der Waals surface area contributed by atoms with Gasteiger partial charge in [-0.05, 0) is 50.9 Å². The average molecular weight is 302 g/mol. The minimum absolute atomic E-state index is 0.146. The number of benzene rings is 1. The van der Waals surface area contributed by atoms with Gasteiger partial charge in [0.15, 0.2) is 0 Å². The zero-order valence-corrected chi connectivity index (χ0v) is 12.8. The standard InChI is InChI=1S/C17H22N2O3/c1-19-14-6-3-7-15(19)10-13(9-14)18-16(20)11-4-2-5-12(8-11)17(21)22/h2,4-5,8,13-15H,3,6-7,9-10H2,1H3,(H,18,20)(H,21,22). The summed E-state index contributed by atoms with van der Waals surface area (Å²) in [5.74, 6) is -1.18. The van der Waals surface area contributed by atoms with Crippen molar-refractivity contribution in [3.63, 3.8) is 0 Å². The van der Waals surface area contributed by atoms with E-state index in [9.17, 15) is 9.59 Å². The van der Waals surface area contributed by atoms with Gasteiger partial charge in [-0.25, -0.2) is 4.79 Å². The van der Waals surface area contributed by atoms with Crippen molar-refractivity contribution in [3.8, 4) is 0 Å². The SMILES string of the molecule is CN1C2CCCC1CC(NC(=O)c1cccc(C(=O)O)c1)C2. The van der Waals surface area contributed by atoms with Crippen LogP contribution in [0.5, 0.6) is 0 Å². The van der Waals surface area contributed by atoms with Gasteiger partial charge in [-0.2, -0.15) is 0 Å². The molecular weight excluding hydrogens is 280 g/mol. The molecule has 2 N–H and O–H groups in total. The number of nitrogens with one attached hydrogen (secondary N) is 1. The Hall–Kier alpha value is -1.88. The molecule has 5 heteroatoms. The molecule has 22 heavy (non-hydrogen) atoms. The third kappa shape index (κ3) is 2.99. The van der Waals surface area contributed by atoms with Crippen LogP contribution < -0.4 is 5.32 Å². The van der Waals surface area contributed by atoms with Gasteiger partial charge in [0.2, 0.25) is 0 Å². The van der Waals surface area contributed by atoms with Crippen LogP contribution in [0.4, 0.5) is 0 Å². The number of carboxylic acids is 1. The fraction of sp³-hybridized carbons (Fsp3) is 0.529. The van der Waals surface area contributed by atoms with E-state index >= 15 is 0 Å². The Morgan fingerprint density at radius 3 is 2.45 bits per heavy atom. The van der Waals surface area contributed by atoms with Crippen molar-refractivity contribution >= 4 is 11.9 Å². The van der Waals surface area contributed by atoms with Crippen LogP contribution in [0, 0.1) is 0 Å². The van der Waals surface area contributed by atoms with Crippen molar-refractivity contribution in [2.24, 2.45) is 0 Å². The van der Waals surface area contributed by atoms with Gasteiger partial charge in [0.1, 0.15) is 0 Å². The summed E-state index contributed by atoms with van der Waals surface area (Å²) in [5.41, 5.74) is 0.567. The summed E-state index contributed by atoms with van der Waals surface area (Å²) in [5, 5.41) is 12.1. The largest absolute Gasteiger partial charge is 0.478 e. The highest BCUT2D eigenvalue weighted by molar-refractivity contribution is 5.97. The quantitative estimate of drug-likeness (QED) is 0.897. The first kappa shape index (κ1) is 15.0. The first-order valence-electron chi connectivity index (χ1n) is 7.90. The number of aromatic carboxylic acids is 1. The fourth-order valence-corrected chi connectivity index (χ4v) is 3.80.